The van der Waals surface area contributed by atoms with E-state index >= 15 is 0 Å². The molecule has 4 aromatic carbocycles. The lowest BCUT2D eigenvalue weighted by molar-refractivity contribution is 0.0592. The van der Waals surface area contributed by atoms with Gasteiger partial charge >= 0.3 is 18.0 Å². The number of esters is 2. The van der Waals surface area contributed by atoms with Gasteiger partial charge in [0.25, 0.3) is 0 Å². The first-order valence-corrected chi connectivity index (χ1v) is 14.2. The molecule has 0 unspecified atom stereocenters. The van der Waals surface area contributed by atoms with Crippen LogP contribution >= 0.6 is 0 Å². The Bertz CT molecular complexity index is 1540. The van der Waals surface area contributed by atoms with Gasteiger partial charge in [0.15, 0.2) is 0 Å². The summed E-state index contributed by atoms with van der Waals surface area (Å²) >= 11 is 0. The Morgan fingerprint density at radius 1 is 0.651 bits per heavy atom. The number of hydrogen-bond donors (Lipinski definition) is 1. The Morgan fingerprint density at radius 3 is 1.56 bits per heavy atom. The van der Waals surface area contributed by atoms with Crippen molar-refractivity contribution in [2.24, 2.45) is 0 Å². The van der Waals surface area contributed by atoms with Crippen LogP contribution in [-0.4, -0.2) is 55.5 Å². The molecule has 0 bridgehead atoms. The molecule has 8 nitrogen and oxygen atoms in total. The number of hydrogen-bond acceptors (Lipinski definition) is 6. The van der Waals surface area contributed by atoms with E-state index in [0.29, 0.717) is 41.8 Å². The lowest BCUT2D eigenvalue weighted by Crippen LogP contribution is -2.67. The van der Waals surface area contributed by atoms with E-state index in [1.165, 1.54) is 14.2 Å². The van der Waals surface area contributed by atoms with Crippen LogP contribution in [0, 0.1) is 0 Å². The Labute approximate surface area is 251 Å². The van der Waals surface area contributed by atoms with Crippen LogP contribution in [0.3, 0.4) is 0 Å². The van der Waals surface area contributed by atoms with Crippen molar-refractivity contribution in [2.45, 2.75) is 37.5 Å². The number of methoxy groups -OCH3 is 2. The summed E-state index contributed by atoms with van der Waals surface area (Å²) < 4.78 is 9.69. The highest BCUT2D eigenvalue weighted by atomic mass is 16.5. The normalized spacial score (nSPS) is 18.3. The number of carbonyl (C=O) groups excluding carboxylic acids is 3. The van der Waals surface area contributed by atoms with Gasteiger partial charge in [0.05, 0.1) is 43.5 Å². The number of anilines is 2. The molecule has 1 fully saturated rings. The Kier molecular flexibility index (Phi) is 9.17. The van der Waals surface area contributed by atoms with Gasteiger partial charge in [-0.1, -0.05) is 60.7 Å². The molecule has 8 heteroatoms. The Morgan fingerprint density at radius 2 is 1.09 bits per heavy atom. The Balaban J connectivity index is 1.58. The summed E-state index contributed by atoms with van der Waals surface area (Å²) in [7, 11) is 2.63. The molecule has 2 amide bonds. The molecule has 5 rings (SSSR count). The number of benzene rings is 4. The molecule has 0 radical (unpaired) electrons. The molecule has 0 spiro atoms. The van der Waals surface area contributed by atoms with Crippen molar-refractivity contribution in [3.63, 3.8) is 0 Å². The third kappa shape index (κ3) is 6.44. The van der Waals surface area contributed by atoms with Gasteiger partial charge < -0.3 is 14.6 Å². The molecule has 0 aliphatic carbocycles. The zero-order chi connectivity index (χ0) is 30.3. The molecule has 220 valence electrons. The fourth-order valence-corrected chi connectivity index (χ4v) is 5.64. The minimum absolute atomic E-state index is 0.319. The van der Waals surface area contributed by atoms with Gasteiger partial charge in [-0.05, 0) is 78.9 Å². The van der Waals surface area contributed by atoms with Crippen LogP contribution in [0.1, 0.15) is 38.3 Å². The van der Waals surface area contributed by atoms with Crippen LogP contribution in [0.5, 0.6) is 0 Å². The van der Waals surface area contributed by atoms with Crippen molar-refractivity contribution < 1.29 is 29.0 Å². The van der Waals surface area contributed by atoms with Crippen molar-refractivity contribution >= 4 is 29.3 Å². The lowest BCUT2D eigenvalue weighted by Gasteiger charge is -2.49. The summed E-state index contributed by atoms with van der Waals surface area (Å²) in [6, 6.07) is 31.5. The van der Waals surface area contributed by atoms with Crippen molar-refractivity contribution in [1.82, 2.24) is 0 Å². The second kappa shape index (κ2) is 13.4. The first-order chi connectivity index (χ1) is 20.9. The lowest BCUT2D eigenvalue weighted by atomic mass is 9.87. The number of rotatable bonds is 9. The van der Waals surface area contributed by atoms with Gasteiger partial charge in [0, 0.05) is 11.4 Å². The second-order valence-corrected chi connectivity index (χ2v) is 10.4. The number of nitrogens with zero attached hydrogens (tertiary/aromatic N) is 2. The third-order valence-electron chi connectivity index (χ3n) is 7.86. The number of ether oxygens (including phenoxy) is 2. The largest absolute Gasteiger partial charge is 0.465 e. The molecule has 1 saturated heterocycles. The van der Waals surface area contributed by atoms with E-state index in [0.717, 1.165) is 11.1 Å². The fraction of sp³-hybridized carbons (Fsp3) is 0.229. The first kappa shape index (κ1) is 29.5. The molecule has 1 heterocycles. The summed E-state index contributed by atoms with van der Waals surface area (Å²) in [5.41, 5.74) is 3.87. The molecule has 4 aromatic rings. The van der Waals surface area contributed by atoms with E-state index in [1.54, 1.807) is 58.3 Å². The van der Waals surface area contributed by atoms with Crippen LogP contribution in [0.4, 0.5) is 16.2 Å². The first-order valence-electron chi connectivity index (χ1n) is 14.2. The topological polar surface area (TPSA) is 96.4 Å². The van der Waals surface area contributed by atoms with Gasteiger partial charge in [-0.15, -0.1) is 0 Å². The number of carbonyl (C=O) groups is 3. The van der Waals surface area contributed by atoms with Crippen molar-refractivity contribution in [1.29, 1.82) is 0 Å². The fourth-order valence-electron chi connectivity index (χ4n) is 5.64. The molecule has 0 saturated carbocycles. The predicted molar refractivity (Wildman–Crippen MR) is 164 cm³/mol. The van der Waals surface area contributed by atoms with Gasteiger partial charge in [-0.2, -0.15) is 0 Å². The number of amides is 2. The van der Waals surface area contributed by atoms with E-state index in [-0.39, 0.29) is 6.03 Å². The summed E-state index contributed by atoms with van der Waals surface area (Å²) in [6.45, 7) is 0. The van der Waals surface area contributed by atoms with Crippen LogP contribution in [0.25, 0.3) is 0 Å². The maximum absolute atomic E-state index is 14.6. The van der Waals surface area contributed by atoms with Gasteiger partial charge in [-0.3, -0.25) is 9.80 Å². The quantitative estimate of drug-likeness (QED) is 0.257. The minimum Gasteiger partial charge on any atom is -0.465 e. The van der Waals surface area contributed by atoms with Crippen LogP contribution in [0.15, 0.2) is 109 Å². The maximum Gasteiger partial charge on any atom is 0.337 e. The molecule has 43 heavy (non-hydrogen) atoms. The van der Waals surface area contributed by atoms with E-state index in [4.69, 9.17) is 9.47 Å². The summed E-state index contributed by atoms with van der Waals surface area (Å²) in [5.74, 6) is -0.960. The average Bonchev–Trinajstić information content (AvgIpc) is 3.06. The van der Waals surface area contributed by atoms with E-state index in [9.17, 15) is 19.5 Å². The Hall–Kier alpha value is -4.95. The van der Waals surface area contributed by atoms with Crippen LogP contribution in [0.2, 0.25) is 0 Å². The molecule has 1 aliphatic rings. The van der Waals surface area contributed by atoms with Crippen molar-refractivity contribution in [3.8, 4) is 0 Å². The highest BCUT2D eigenvalue weighted by Gasteiger charge is 2.47. The molecule has 1 N–H and O–H groups in total. The van der Waals surface area contributed by atoms with E-state index in [1.807, 2.05) is 60.7 Å². The average molecular weight is 579 g/mol. The maximum atomic E-state index is 14.6. The van der Waals surface area contributed by atoms with E-state index in [2.05, 4.69) is 0 Å². The molecule has 0 aromatic heterocycles. The number of aliphatic hydroxyl groups is 1. The zero-order valence-electron chi connectivity index (χ0n) is 24.1. The molecule has 3 atom stereocenters. The minimum atomic E-state index is -0.942. The number of aryl methyl sites for hydroxylation is 1. The van der Waals surface area contributed by atoms with Crippen molar-refractivity contribution in [2.75, 3.05) is 24.0 Å². The smallest absolute Gasteiger partial charge is 0.337 e. The highest BCUT2D eigenvalue weighted by Crippen LogP contribution is 2.35. The zero-order valence-corrected chi connectivity index (χ0v) is 24.1. The van der Waals surface area contributed by atoms with Crippen LogP contribution in [-0.2, 0) is 22.3 Å². The third-order valence-corrected chi connectivity index (χ3v) is 7.86. The van der Waals surface area contributed by atoms with Crippen molar-refractivity contribution in [3.05, 3.63) is 131 Å². The summed E-state index contributed by atoms with van der Waals surface area (Å²) in [4.78, 5) is 42.0. The number of aliphatic hydroxyl groups excluding tert-OH is 1. The van der Waals surface area contributed by atoms with Crippen LogP contribution < -0.4 is 9.80 Å². The predicted octanol–water partition coefficient (Wildman–Crippen LogP) is 5.68. The second-order valence-electron chi connectivity index (χ2n) is 10.4. The highest BCUT2D eigenvalue weighted by molar-refractivity contribution is 6.06. The molecular weight excluding hydrogens is 544 g/mol. The SMILES string of the molecule is COC(=O)c1ccc(N2C(=O)N(c3ccc(C(=O)OC)cc3)[C@H](Cc3ccccc3)[C@H](O)[C@H]2CCc2ccccc2)cc1. The van der Waals surface area contributed by atoms with E-state index < -0.39 is 30.1 Å². The molecular formula is C35H34N2O6. The van der Waals surface area contributed by atoms with Gasteiger partial charge in [0.2, 0.25) is 0 Å². The van der Waals surface area contributed by atoms with Gasteiger partial charge in [0.1, 0.15) is 0 Å². The van der Waals surface area contributed by atoms with Gasteiger partial charge in [-0.25, -0.2) is 14.4 Å². The molecule has 1 aliphatic heterocycles. The summed E-state index contributed by atoms with van der Waals surface area (Å²) in [5, 5.41) is 12.1. The number of urea groups is 1. The monoisotopic (exact) mass is 578 g/mol. The standard InChI is InChI=1S/C35H34N2O6/c1-42-33(39)26-14-18-28(19-15-26)36-30(22-13-24-9-5-3-6-10-24)32(38)31(23-25-11-7-4-8-12-25)37(35(36)41)29-20-16-27(17-21-29)34(40)43-2/h3-12,14-21,30-32,38H,13,22-23H2,1-2H3/t30-,31-,32-/m1/s1. The summed E-state index contributed by atoms with van der Waals surface area (Å²) in [6.07, 6.45) is 0.639.